The lowest BCUT2D eigenvalue weighted by atomic mass is 10.1. The molecule has 0 bridgehead atoms. The highest BCUT2D eigenvalue weighted by atomic mass is 16.5. The summed E-state index contributed by atoms with van der Waals surface area (Å²) >= 11 is 0. The van der Waals surface area contributed by atoms with Gasteiger partial charge in [-0.1, -0.05) is 23.8 Å². The Balaban J connectivity index is 2.02. The lowest BCUT2D eigenvalue weighted by molar-refractivity contribution is 0.102. The van der Waals surface area contributed by atoms with E-state index in [1.165, 1.54) is 0 Å². The predicted octanol–water partition coefficient (Wildman–Crippen LogP) is 3.27. The van der Waals surface area contributed by atoms with Gasteiger partial charge in [-0.15, -0.1) is 0 Å². The van der Waals surface area contributed by atoms with Crippen LogP contribution in [0, 0.1) is 6.92 Å². The third kappa shape index (κ3) is 4.61. The quantitative estimate of drug-likeness (QED) is 0.829. The summed E-state index contributed by atoms with van der Waals surface area (Å²) in [5.41, 5.74) is 2.40. The molecule has 1 N–H and O–H groups in total. The Labute approximate surface area is 124 Å². The molecule has 2 rings (SSSR count). The van der Waals surface area contributed by atoms with E-state index in [2.05, 4.69) is 5.32 Å². The molecule has 0 unspecified atom stereocenters. The van der Waals surface area contributed by atoms with E-state index in [-0.39, 0.29) is 5.91 Å². The molecule has 0 heterocycles. The van der Waals surface area contributed by atoms with E-state index in [4.69, 9.17) is 9.47 Å². The van der Waals surface area contributed by atoms with E-state index >= 15 is 0 Å². The van der Waals surface area contributed by atoms with Gasteiger partial charge in [0.05, 0.1) is 6.61 Å². The fraction of sp³-hybridized carbons (Fsp3) is 0.235. The van der Waals surface area contributed by atoms with Gasteiger partial charge in [0.25, 0.3) is 5.91 Å². The molecule has 1 amide bonds. The van der Waals surface area contributed by atoms with Crippen LogP contribution in [-0.2, 0) is 4.74 Å². The van der Waals surface area contributed by atoms with Crippen molar-refractivity contribution < 1.29 is 14.3 Å². The van der Waals surface area contributed by atoms with Crippen molar-refractivity contribution >= 4 is 11.6 Å². The van der Waals surface area contributed by atoms with Gasteiger partial charge >= 0.3 is 0 Å². The molecule has 0 atom stereocenters. The third-order valence-corrected chi connectivity index (χ3v) is 2.93. The Morgan fingerprint density at radius 1 is 1.10 bits per heavy atom. The number of amides is 1. The second-order valence-corrected chi connectivity index (χ2v) is 4.69. The van der Waals surface area contributed by atoms with Gasteiger partial charge in [0, 0.05) is 24.4 Å². The summed E-state index contributed by atoms with van der Waals surface area (Å²) in [6.45, 7) is 2.96. The summed E-state index contributed by atoms with van der Waals surface area (Å²) < 4.78 is 10.4. The summed E-state index contributed by atoms with van der Waals surface area (Å²) in [5, 5.41) is 2.87. The number of anilines is 1. The molecule has 4 heteroatoms. The Kier molecular flexibility index (Phi) is 5.35. The number of ether oxygens (including phenoxy) is 2. The molecule has 21 heavy (non-hydrogen) atoms. The van der Waals surface area contributed by atoms with E-state index in [1.807, 2.05) is 43.3 Å². The van der Waals surface area contributed by atoms with Crippen molar-refractivity contribution in [3.63, 3.8) is 0 Å². The van der Waals surface area contributed by atoms with Crippen molar-refractivity contribution in [2.75, 3.05) is 25.6 Å². The molecule has 0 spiro atoms. The highest BCUT2D eigenvalue weighted by Gasteiger charge is 2.06. The summed E-state index contributed by atoms with van der Waals surface area (Å²) in [6, 6.07) is 14.8. The SMILES string of the molecule is COCCOc1cccc(NC(=O)c2cccc(C)c2)c1. The van der Waals surface area contributed by atoms with Gasteiger partial charge in [0.15, 0.2) is 0 Å². The van der Waals surface area contributed by atoms with Gasteiger partial charge in [-0.25, -0.2) is 0 Å². The maximum absolute atomic E-state index is 12.2. The molecule has 0 aliphatic heterocycles. The molecule has 0 aromatic heterocycles. The number of hydrogen-bond acceptors (Lipinski definition) is 3. The Bertz CT molecular complexity index is 610. The number of nitrogens with one attached hydrogen (secondary N) is 1. The molecule has 0 saturated carbocycles. The number of rotatable bonds is 6. The molecular formula is C17H19NO3. The Hall–Kier alpha value is -2.33. The zero-order valence-corrected chi connectivity index (χ0v) is 12.3. The zero-order valence-electron chi connectivity index (χ0n) is 12.3. The molecule has 0 aliphatic carbocycles. The zero-order chi connectivity index (χ0) is 15.1. The second-order valence-electron chi connectivity index (χ2n) is 4.69. The third-order valence-electron chi connectivity index (χ3n) is 2.93. The van der Waals surface area contributed by atoms with Crippen molar-refractivity contribution in [3.05, 3.63) is 59.7 Å². The smallest absolute Gasteiger partial charge is 0.255 e. The van der Waals surface area contributed by atoms with Crippen LogP contribution in [0.1, 0.15) is 15.9 Å². The molecule has 0 aliphatic rings. The average Bonchev–Trinajstić information content (AvgIpc) is 2.48. The minimum Gasteiger partial charge on any atom is -0.491 e. The first kappa shape index (κ1) is 15.1. The van der Waals surface area contributed by atoms with Crippen LogP contribution in [0.5, 0.6) is 5.75 Å². The number of carbonyl (C=O) groups excluding carboxylic acids is 1. The van der Waals surface area contributed by atoms with Gasteiger partial charge in [0.2, 0.25) is 0 Å². The predicted molar refractivity (Wildman–Crippen MR) is 82.9 cm³/mol. The summed E-state index contributed by atoms with van der Waals surface area (Å²) in [4.78, 5) is 12.2. The summed E-state index contributed by atoms with van der Waals surface area (Å²) in [5.74, 6) is 0.571. The van der Waals surface area contributed by atoms with E-state index in [9.17, 15) is 4.79 Å². The fourth-order valence-corrected chi connectivity index (χ4v) is 1.90. The van der Waals surface area contributed by atoms with Gasteiger partial charge in [-0.05, 0) is 31.2 Å². The lowest BCUT2D eigenvalue weighted by Crippen LogP contribution is -2.12. The van der Waals surface area contributed by atoms with E-state index in [0.717, 1.165) is 5.56 Å². The molecule has 2 aromatic carbocycles. The van der Waals surface area contributed by atoms with E-state index in [1.54, 1.807) is 19.2 Å². The van der Waals surface area contributed by atoms with E-state index < -0.39 is 0 Å². The number of methoxy groups -OCH3 is 1. The van der Waals surface area contributed by atoms with Crippen LogP contribution in [0.3, 0.4) is 0 Å². The highest BCUT2D eigenvalue weighted by molar-refractivity contribution is 6.04. The second kappa shape index (κ2) is 7.45. The van der Waals surface area contributed by atoms with Crippen molar-refractivity contribution in [3.8, 4) is 5.75 Å². The topological polar surface area (TPSA) is 47.6 Å². The first-order valence-corrected chi connectivity index (χ1v) is 6.79. The van der Waals surface area contributed by atoms with Crippen molar-refractivity contribution in [2.24, 2.45) is 0 Å². The number of carbonyl (C=O) groups is 1. The van der Waals surface area contributed by atoms with Crippen LogP contribution in [0.25, 0.3) is 0 Å². The number of aryl methyl sites for hydroxylation is 1. The van der Waals surface area contributed by atoms with Crippen LogP contribution in [0.4, 0.5) is 5.69 Å². The molecular weight excluding hydrogens is 266 g/mol. The van der Waals surface area contributed by atoms with Crippen LogP contribution in [-0.4, -0.2) is 26.2 Å². The Morgan fingerprint density at radius 3 is 2.67 bits per heavy atom. The lowest BCUT2D eigenvalue weighted by Gasteiger charge is -2.09. The first-order valence-electron chi connectivity index (χ1n) is 6.79. The van der Waals surface area contributed by atoms with Gasteiger partial charge < -0.3 is 14.8 Å². The summed E-state index contributed by atoms with van der Waals surface area (Å²) in [6.07, 6.45) is 0. The molecule has 0 fully saturated rings. The standard InChI is InChI=1S/C17H19NO3/c1-13-5-3-6-14(11-13)17(19)18-15-7-4-8-16(12-15)21-10-9-20-2/h3-8,11-12H,9-10H2,1-2H3,(H,18,19). The maximum atomic E-state index is 12.2. The number of benzene rings is 2. The van der Waals surface area contributed by atoms with Gasteiger partial charge in [0.1, 0.15) is 12.4 Å². The minimum atomic E-state index is -0.132. The van der Waals surface area contributed by atoms with Crippen molar-refractivity contribution in [1.29, 1.82) is 0 Å². The molecule has 110 valence electrons. The maximum Gasteiger partial charge on any atom is 0.255 e. The van der Waals surface area contributed by atoms with Crippen LogP contribution >= 0.6 is 0 Å². The van der Waals surface area contributed by atoms with Crippen molar-refractivity contribution in [1.82, 2.24) is 0 Å². The Morgan fingerprint density at radius 2 is 1.90 bits per heavy atom. The fourth-order valence-electron chi connectivity index (χ4n) is 1.90. The van der Waals surface area contributed by atoms with Crippen LogP contribution in [0.15, 0.2) is 48.5 Å². The van der Waals surface area contributed by atoms with Gasteiger partial charge in [-0.2, -0.15) is 0 Å². The summed E-state index contributed by atoms with van der Waals surface area (Å²) in [7, 11) is 1.63. The molecule has 4 nitrogen and oxygen atoms in total. The van der Waals surface area contributed by atoms with Crippen LogP contribution < -0.4 is 10.1 Å². The monoisotopic (exact) mass is 285 g/mol. The number of hydrogen-bond donors (Lipinski definition) is 1. The van der Waals surface area contributed by atoms with Crippen LogP contribution in [0.2, 0.25) is 0 Å². The molecule has 0 radical (unpaired) electrons. The normalized spacial score (nSPS) is 10.2. The average molecular weight is 285 g/mol. The largest absolute Gasteiger partial charge is 0.491 e. The highest BCUT2D eigenvalue weighted by Crippen LogP contribution is 2.18. The van der Waals surface area contributed by atoms with E-state index in [0.29, 0.717) is 30.2 Å². The first-order chi connectivity index (χ1) is 10.2. The minimum absolute atomic E-state index is 0.132. The molecule has 2 aromatic rings. The van der Waals surface area contributed by atoms with Crippen molar-refractivity contribution in [2.45, 2.75) is 6.92 Å². The molecule has 0 saturated heterocycles. The van der Waals surface area contributed by atoms with Gasteiger partial charge in [-0.3, -0.25) is 4.79 Å².